The maximum Gasteiger partial charge on any atom is 0.299 e. The second kappa shape index (κ2) is 3.94. The molecule has 1 atom stereocenters. The molecule has 1 aromatic rings. The Kier molecular flexibility index (Phi) is 2.64. The molecule has 1 aromatic carbocycles. The molecule has 0 radical (unpaired) electrons. The minimum absolute atomic E-state index is 0.0716. The van der Waals surface area contributed by atoms with Crippen LogP contribution in [0.4, 0.5) is 10.5 Å². The summed E-state index contributed by atoms with van der Waals surface area (Å²) in [5, 5.41) is 4.01. The number of rotatable bonds is 1. The van der Waals surface area contributed by atoms with Gasteiger partial charge in [-0.25, -0.2) is 5.43 Å². The monoisotopic (exact) mass is 221 g/mol. The van der Waals surface area contributed by atoms with Gasteiger partial charge in [0.1, 0.15) is 0 Å². The fourth-order valence-corrected chi connectivity index (χ4v) is 2.11. The van der Waals surface area contributed by atoms with Crippen molar-refractivity contribution in [3.8, 4) is 0 Å². The van der Waals surface area contributed by atoms with Gasteiger partial charge in [0.2, 0.25) is 0 Å². The predicted molar refractivity (Wildman–Crippen MR) is 63.0 cm³/mol. The van der Waals surface area contributed by atoms with E-state index in [2.05, 4.69) is 10.5 Å². The standard InChI is InChI=1S/C10H11N3OS/c1-6-9(12-13-10(14)15-6)7-2-4-8(11)5-3-7/h2-6H,11H2,1H3,(H,13,14). The number of benzene rings is 1. The van der Waals surface area contributed by atoms with Gasteiger partial charge >= 0.3 is 0 Å². The Morgan fingerprint density at radius 1 is 1.40 bits per heavy atom. The van der Waals surface area contributed by atoms with Crippen LogP contribution in [0.1, 0.15) is 12.5 Å². The number of amides is 1. The average Bonchev–Trinajstić information content (AvgIpc) is 2.20. The average molecular weight is 221 g/mol. The molecular formula is C10H11N3OS. The molecule has 1 aliphatic rings. The molecule has 0 aliphatic carbocycles. The van der Waals surface area contributed by atoms with E-state index in [0.29, 0.717) is 0 Å². The molecule has 0 saturated heterocycles. The van der Waals surface area contributed by atoms with Gasteiger partial charge in [0, 0.05) is 5.69 Å². The van der Waals surface area contributed by atoms with Crippen LogP contribution in [0, 0.1) is 0 Å². The van der Waals surface area contributed by atoms with Gasteiger partial charge in [-0.2, -0.15) is 5.10 Å². The van der Waals surface area contributed by atoms with E-state index in [4.69, 9.17) is 5.73 Å². The number of carbonyl (C=O) groups excluding carboxylic acids is 1. The van der Waals surface area contributed by atoms with Crippen molar-refractivity contribution in [2.75, 3.05) is 5.73 Å². The highest BCUT2D eigenvalue weighted by molar-refractivity contribution is 8.14. The topological polar surface area (TPSA) is 67.5 Å². The van der Waals surface area contributed by atoms with E-state index >= 15 is 0 Å². The van der Waals surface area contributed by atoms with Crippen molar-refractivity contribution in [2.24, 2.45) is 5.10 Å². The minimum atomic E-state index is -0.110. The van der Waals surface area contributed by atoms with E-state index in [1.54, 1.807) is 0 Å². The van der Waals surface area contributed by atoms with E-state index in [0.717, 1.165) is 17.0 Å². The maximum atomic E-state index is 11.0. The molecule has 2 rings (SSSR count). The molecule has 1 heterocycles. The van der Waals surface area contributed by atoms with Gasteiger partial charge in [-0.1, -0.05) is 23.9 Å². The van der Waals surface area contributed by atoms with E-state index in [1.165, 1.54) is 11.8 Å². The number of anilines is 1. The molecule has 1 unspecified atom stereocenters. The summed E-state index contributed by atoms with van der Waals surface area (Å²) in [6, 6.07) is 7.46. The van der Waals surface area contributed by atoms with Crippen LogP contribution < -0.4 is 11.2 Å². The van der Waals surface area contributed by atoms with Crippen LogP contribution in [-0.4, -0.2) is 16.2 Å². The Balaban J connectivity index is 2.31. The van der Waals surface area contributed by atoms with Gasteiger partial charge in [-0.3, -0.25) is 4.79 Å². The molecule has 15 heavy (non-hydrogen) atoms. The molecular weight excluding hydrogens is 210 g/mol. The third-order valence-electron chi connectivity index (χ3n) is 2.14. The number of nitrogens with one attached hydrogen (secondary N) is 1. The van der Waals surface area contributed by atoms with Crippen LogP contribution >= 0.6 is 11.8 Å². The number of nitrogens with two attached hydrogens (primary N) is 1. The molecule has 0 fully saturated rings. The molecule has 5 heteroatoms. The van der Waals surface area contributed by atoms with Gasteiger partial charge < -0.3 is 5.73 Å². The number of hydrogen-bond acceptors (Lipinski definition) is 4. The Morgan fingerprint density at radius 2 is 2.07 bits per heavy atom. The summed E-state index contributed by atoms with van der Waals surface area (Å²) in [5.74, 6) is 0. The first kappa shape index (κ1) is 10.0. The highest BCUT2D eigenvalue weighted by Crippen LogP contribution is 2.21. The van der Waals surface area contributed by atoms with Crippen molar-refractivity contribution in [1.29, 1.82) is 0 Å². The summed E-state index contributed by atoms with van der Waals surface area (Å²) < 4.78 is 0. The minimum Gasteiger partial charge on any atom is -0.399 e. The zero-order valence-electron chi connectivity index (χ0n) is 8.23. The molecule has 0 saturated carbocycles. The molecule has 1 aliphatic heterocycles. The van der Waals surface area contributed by atoms with E-state index in [9.17, 15) is 4.79 Å². The Bertz CT molecular complexity index is 413. The molecule has 0 spiro atoms. The summed E-state index contributed by atoms with van der Waals surface area (Å²) in [6.07, 6.45) is 0. The van der Waals surface area contributed by atoms with E-state index < -0.39 is 0 Å². The van der Waals surface area contributed by atoms with Gasteiger partial charge in [-0.05, 0) is 24.6 Å². The lowest BCUT2D eigenvalue weighted by atomic mass is 10.1. The molecule has 0 aromatic heterocycles. The van der Waals surface area contributed by atoms with Crippen molar-refractivity contribution in [3.05, 3.63) is 29.8 Å². The quantitative estimate of drug-likeness (QED) is 0.711. The third kappa shape index (κ3) is 2.12. The summed E-state index contributed by atoms with van der Waals surface area (Å²) in [7, 11) is 0. The second-order valence-corrected chi connectivity index (χ2v) is 4.59. The zero-order chi connectivity index (χ0) is 10.8. The normalized spacial score (nSPS) is 20.7. The fraction of sp³-hybridized carbons (Fsp3) is 0.200. The van der Waals surface area contributed by atoms with Crippen molar-refractivity contribution < 1.29 is 4.79 Å². The summed E-state index contributed by atoms with van der Waals surface area (Å²) in [6.45, 7) is 1.96. The Hall–Kier alpha value is -1.49. The van der Waals surface area contributed by atoms with Gasteiger partial charge in [0.25, 0.3) is 5.24 Å². The highest BCUT2D eigenvalue weighted by atomic mass is 32.2. The maximum absolute atomic E-state index is 11.0. The SMILES string of the molecule is CC1SC(=O)NN=C1c1ccc(N)cc1. The van der Waals surface area contributed by atoms with Gasteiger partial charge in [0.15, 0.2) is 0 Å². The largest absolute Gasteiger partial charge is 0.399 e. The predicted octanol–water partition coefficient (Wildman–Crippen LogP) is 1.82. The van der Waals surface area contributed by atoms with Gasteiger partial charge in [0.05, 0.1) is 11.0 Å². The van der Waals surface area contributed by atoms with Crippen LogP contribution in [0.3, 0.4) is 0 Å². The second-order valence-electron chi connectivity index (χ2n) is 3.28. The smallest absolute Gasteiger partial charge is 0.299 e. The summed E-state index contributed by atoms with van der Waals surface area (Å²) in [5.41, 5.74) is 10.6. The van der Waals surface area contributed by atoms with Crippen LogP contribution in [-0.2, 0) is 0 Å². The molecule has 1 amide bonds. The highest BCUT2D eigenvalue weighted by Gasteiger charge is 2.21. The fourth-order valence-electron chi connectivity index (χ4n) is 1.39. The zero-order valence-corrected chi connectivity index (χ0v) is 9.04. The first-order valence-electron chi connectivity index (χ1n) is 4.57. The first-order valence-corrected chi connectivity index (χ1v) is 5.45. The van der Waals surface area contributed by atoms with Crippen molar-refractivity contribution in [3.63, 3.8) is 0 Å². The van der Waals surface area contributed by atoms with Crippen molar-refractivity contribution in [1.82, 2.24) is 5.43 Å². The molecule has 0 bridgehead atoms. The summed E-state index contributed by atoms with van der Waals surface area (Å²) in [4.78, 5) is 11.0. The number of hydrogen-bond donors (Lipinski definition) is 2. The Labute approximate surface area is 91.9 Å². The molecule has 4 nitrogen and oxygen atoms in total. The van der Waals surface area contributed by atoms with E-state index in [-0.39, 0.29) is 10.5 Å². The molecule has 3 N–H and O–H groups in total. The number of hydrazone groups is 1. The van der Waals surface area contributed by atoms with Crippen LogP contribution in [0.15, 0.2) is 29.4 Å². The number of carbonyl (C=O) groups is 1. The lowest BCUT2D eigenvalue weighted by Gasteiger charge is -2.18. The lowest BCUT2D eigenvalue weighted by Crippen LogP contribution is -2.29. The third-order valence-corrected chi connectivity index (χ3v) is 3.03. The lowest BCUT2D eigenvalue weighted by molar-refractivity contribution is 0.261. The molecule has 78 valence electrons. The van der Waals surface area contributed by atoms with Crippen LogP contribution in [0.25, 0.3) is 0 Å². The number of nitrogen functional groups attached to an aromatic ring is 1. The number of thioether (sulfide) groups is 1. The van der Waals surface area contributed by atoms with Crippen LogP contribution in [0.2, 0.25) is 0 Å². The van der Waals surface area contributed by atoms with E-state index in [1.807, 2.05) is 31.2 Å². The van der Waals surface area contributed by atoms with Crippen molar-refractivity contribution in [2.45, 2.75) is 12.2 Å². The van der Waals surface area contributed by atoms with Crippen molar-refractivity contribution >= 4 is 28.4 Å². The Morgan fingerprint density at radius 3 is 2.67 bits per heavy atom. The van der Waals surface area contributed by atoms with Crippen LogP contribution in [0.5, 0.6) is 0 Å². The summed E-state index contributed by atoms with van der Waals surface area (Å²) >= 11 is 1.24. The first-order chi connectivity index (χ1) is 7.16. The van der Waals surface area contributed by atoms with Gasteiger partial charge in [-0.15, -0.1) is 0 Å². The number of nitrogens with zero attached hydrogens (tertiary/aromatic N) is 1.